The van der Waals surface area contributed by atoms with E-state index in [4.69, 9.17) is 15.3 Å². The van der Waals surface area contributed by atoms with E-state index in [1.807, 2.05) is 0 Å². The van der Waals surface area contributed by atoms with Gasteiger partial charge < -0.3 is 20.0 Å². The number of hydrogen-bond acceptors (Lipinski definition) is 7. The fourth-order valence-corrected chi connectivity index (χ4v) is 3.13. The summed E-state index contributed by atoms with van der Waals surface area (Å²) in [6.07, 6.45) is -9.51. The molecular formula is C20H17F6N3O4S. The molecule has 3 N–H and O–H groups in total. The van der Waals surface area contributed by atoms with Crippen LogP contribution in [0.2, 0.25) is 0 Å². The summed E-state index contributed by atoms with van der Waals surface area (Å²) in [5, 5.41) is 20.6. The lowest BCUT2D eigenvalue weighted by molar-refractivity contribution is -0.275. The third-order valence-corrected chi connectivity index (χ3v) is 4.90. The third kappa shape index (κ3) is 8.84. The van der Waals surface area contributed by atoms with E-state index in [1.54, 1.807) is 0 Å². The second kappa shape index (κ2) is 11.1. The number of carboxylic acids is 1. The van der Waals surface area contributed by atoms with Gasteiger partial charge in [-0.05, 0) is 49.4 Å². The third-order valence-electron chi connectivity index (χ3n) is 3.88. The molecular weight excluding hydrogens is 492 g/mol. The number of thioether (sulfide) groups is 1. The van der Waals surface area contributed by atoms with E-state index >= 15 is 0 Å². The van der Waals surface area contributed by atoms with Gasteiger partial charge in [0.2, 0.25) is 0 Å². The van der Waals surface area contributed by atoms with Crippen molar-refractivity contribution in [1.29, 1.82) is 5.41 Å². The van der Waals surface area contributed by atoms with E-state index in [0.29, 0.717) is 0 Å². The van der Waals surface area contributed by atoms with Gasteiger partial charge in [0, 0.05) is 10.6 Å². The number of carboxylic acid groups (broad SMARTS) is 1. The van der Waals surface area contributed by atoms with Gasteiger partial charge in [0.25, 0.3) is 0 Å². The fourth-order valence-electron chi connectivity index (χ4n) is 2.25. The van der Waals surface area contributed by atoms with Crippen LogP contribution in [0.4, 0.5) is 32.0 Å². The standard InChI is InChI=1S/C20H17F6N3O4S/c1-11(28-29-13-4-2-12(3-5-13)19(21,22)23)15(27)10-34-14-6-7-16(32-9-18(30)31)17(8-14)33-20(24,25)26/h2-8,27,29H,9-10H2,1H3,(H,30,31)/b27-15?,28-11-. The Morgan fingerprint density at radius 3 is 2.29 bits per heavy atom. The molecule has 0 aliphatic carbocycles. The smallest absolute Gasteiger partial charge is 0.479 e. The van der Waals surface area contributed by atoms with Gasteiger partial charge in [-0.1, -0.05) is 0 Å². The number of carbonyl (C=O) groups is 1. The largest absolute Gasteiger partial charge is 0.573 e. The van der Waals surface area contributed by atoms with E-state index in [2.05, 4.69) is 15.3 Å². The van der Waals surface area contributed by atoms with Crippen molar-refractivity contribution >= 4 is 34.8 Å². The van der Waals surface area contributed by atoms with Gasteiger partial charge in [-0.3, -0.25) is 5.43 Å². The summed E-state index contributed by atoms with van der Waals surface area (Å²) >= 11 is 0.979. The maximum Gasteiger partial charge on any atom is 0.573 e. The highest BCUT2D eigenvalue weighted by Crippen LogP contribution is 2.36. The van der Waals surface area contributed by atoms with Gasteiger partial charge in [0.05, 0.1) is 22.7 Å². The molecule has 0 fully saturated rings. The molecule has 0 saturated carbocycles. The number of hydrazone groups is 1. The Balaban J connectivity index is 2.01. The maximum absolute atomic E-state index is 12.7. The number of nitrogens with zero attached hydrogens (tertiary/aromatic N) is 1. The van der Waals surface area contributed by atoms with Crippen molar-refractivity contribution < 1.29 is 45.7 Å². The number of halogens is 6. The van der Waals surface area contributed by atoms with Crippen LogP contribution in [0, 0.1) is 5.41 Å². The minimum atomic E-state index is -5.04. The quantitative estimate of drug-likeness (QED) is 0.165. The van der Waals surface area contributed by atoms with Gasteiger partial charge >= 0.3 is 18.5 Å². The summed E-state index contributed by atoms with van der Waals surface area (Å²) in [4.78, 5) is 10.9. The zero-order valence-corrected chi connectivity index (χ0v) is 18.1. The molecule has 0 bridgehead atoms. The van der Waals surface area contributed by atoms with E-state index in [-0.39, 0.29) is 27.8 Å². The van der Waals surface area contributed by atoms with E-state index < -0.39 is 42.2 Å². The first-order valence-electron chi connectivity index (χ1n) is 9.17. The molecule has 0 aliphatic heterocycles. The van der Waals surface area contributed by atoms with Crippen LogP contribution in [0.3, 0.4) is 0 Å². The van der Waals surface area contributed by atoms with Gasteiger partial charge in [-0.15, -0.1) is 24.9 Å². The van der Waals surface area contributed by atoms with Crippen molar-refractivity contribution in [3.05, 3.63) is 48.0 Å². The maximum atomic E-state index is 12.7. The molecule has 2 rings (SSSR count). The van der Waals surface area contributed by atoms with E-state index in [9.17, 15) is 31.1 Å². The van der Waals surface area contributed by atoms with E-state index in [1.165, 1.54) is 25.1 Å². The Hall–Kier alpha value is -3.42. The first kappa shape index (κ1) is 26.8. The normalized spacial score (nSPS) is 12.3. The van der Waals surface area contributed by atoms with Crippen molar-refractivity contribution in [3.63, 3.8) is 0 Å². The molecule has 34 heavy (non-hydrogen) atoms. The van der Waals surface area contributed by atoms with Crippen molar-refractivity contribution in [3.8, 4) is 11.5 Å². The van der Waals surface area contributed by atoms with E-state index in [0.717, 1.165) is 36.0 Å². The summed E-state index contributed by atoms with van der Waals surface area (Å²) in [5.41, 5.74) is 2.16. The number of aliphatic carboxylic acids is 1. The second-order valence-electron chi connectivity index (χ2n) is 6.49. The molecule has 0 aliphatic rings. The predicted molar refractivity (Wildman–Crippen MR) is 113 cm³/mol. The Kier molecular flexibility index (Phi) is 8.79. The Bertz CT molecular complexity index is 1060. The molecule has 0 atom stereocenters. The van der Waals surface area contributed by atoms with Crippen molar-refractivity contribution in [1.82, 2.24) is 0 Å². The summed E-state index contributed by atoms with van der Waals surface area (Å²) < 4.78 is 84.4. The van der Waals surface area contributed by atoms with Crippen LogP contribution in [0.1, 0.15) is 12.5 Å². The number of alkyl halides is 6. The molecule has 0 amide bonds. The predicted octanol–water partition coefficient (Wildman–Crippen LogP) is 5.67. The summed E-state index contributed by atoms with van der Waals surface area (Å²) in [6, 6.07) is 7.57. The topological polar surface area (TPSA) is 104 Å². The van der Waals surface area contributed by atoms with Crippen LogP contribution in [0.15, 0.2) is 52.5 Å². The molecule has 14 heteroatoms. The minimum Gasteiger partial charge on any atom is -0.479 e. The van der Waals surface area contributed by atoms with Crippen LogP contribution in [-0.4, -0.2) is 41.2 Å². The average molecular weight is 509 g/mol. The average Bonchev–Trinajstić information content (AvgIpc) is 2.73. The molecule has 0 spiro atoms. The van der Waals surface area contributed by atoms with Crippen molar-refractivity contribution in [2.75, 3.05) is 17.8 Å². The number of hydrogen-bond donors (Lipinski definition) is 3. The molecule has 0 heterocycles. The Morgan fingerprint density at radius 2 is 1.74 bits per heavy atom. The molecule has 7 nitrogen and oxygen atoms in total. The van der Waals surface area contributed by atoms with Gasteiger partial charge in [0.15, 0.2) is 18.1 Å². The SMILES string of the molecule is C/C(=N/Nc1ccc(C(F)(F)F)cc1)C(=N)CSc1ccc(OCC(=O)O)c(OC(F)(F)F)c1. The molecule has 0 radical (unpaired) electrons. The minimum absolute atomic E-state index is 0.00564. The number of rotatable bonds is 10. The summed E-state index contributed by atoms with van der Waals surface area (Å²) in [6.45, 7) is 0.605. The zero-order chi connectivity index (χ0) is 25.5. The number of anilines is 1. The molecule has 184 valence electrons. The molecule has 0 unspecified atom stereocenters. The summed E-state index contributed by atoms with van der Waals surface area (Å²) in [5.74, 6) is -2.55. The number of ether oxygens (including phenoxy) is 2. The lowest BCUT2D eigenvalue weighted by Gasteiger charge is -2.14. The van der Waals surface area contributed by atoms with Gasteiger partial charge in [-0.2, -0.15) is 18.3 Å². The zero-order valence-electron chi connectivity index (χ0n) is 17.3. The first-order valence-corrected chi connectivity index (χ1v) is 10.2. The van der Waals surface area contributed by atoms with Crippen molar-refractivity contribution in [2.24, 2.45) is 5.10 Å². The van der Waals surface area contributed by atoms with Crippen LogP contribution < -0.4 is 14.9 Å². The lowest BCUT2D eigenvalue weighted by Crippen LogP contribution is -2.18. The monoisotopic (exact) mass is 509 g/mol. The van der Waals surface area contributed by atoms with Crippen LogP contribution in [0.25, 0.3) is 0 Å². The molecule has 2 aromatic rings. The number of nitrogens with one attached hydrogen (secondary N) is 2. The summed E-state index contributed by atoms with van der Waals surface area (Å²) in [7, 11) is 0. The first-order chi connectivity index (χ1) is 15.7. The molecule has 0 aromatic heterocycles. The Labute approximate surface area is 193 Å². The van der Waals surface area contributed by atoms with Crippen LogP contribution >= 0.6 is 11.8 Å². The number of benzene rings is 2. The lowest BCUT2D eigenvalue weighted by atomic mass is 10.2. The van der Waals surface area contributed by atoms with Crippen LogP contribution in [-0.2, 0) is 11.0 Å². The Morgan fingerprint density at radius 1 is 1.09 bits per heavy atom. The second-order valence-corrected chi connectivity index (χ2v) is 7.54. The molecule has 2 aromatic carbocycles. The van der Waals surface area contributed by atoms with Crippen molar-refractivity contribution in [2.45, 2.75) is 24.4 Å². The highest BCUT2D eigenvalue weighted by molar-refractivity contribution is 8.00. The molecule has 0 saturated heterocycles. The fraction of sp³-hybridized carbons (Fsp3) is 0.250. The highest BCUT2D eigenvalue weighted by Gasteiger charge is 2.33. The van der Waals surface area contributed by atoms with Gasteiger partial charge in [0.1, 0.15) is 0 Å². The highest BCUT2D eigenvalue weighted by atomic mass is 32.2. The van der Waals surface area contributed by atoms with Gasteiger partial charge in [-0.25, -0.2) is 4.79 Å². The van der Waals surface area contributed by atoms with Crippen LogP contribution in [0.5, 0.6) is 11.5 Å².